The topological polar surface area (TPSA) is 147 Å². The normalized spacial score (nSPS) is 12.1. The number of aromatic nitrogens is 6. The number of rotatable bonds is 6. The first kappa shape index (κ1) is 18.7. The third-order valence-electron chi connectivity index (χ3n) is 4.11. The third kappa shape index (κ3) is 3.99. The van der Waals surface area contributed by atoms with E-state index in [2.05, 4.69) is 30.5 Å². The minimum absolute atomic E-state index is 0.129. The van der Waals surface area contributed by atoms with E-state index >= 15 is 0 Å². The number of thioether (sulfide) groups is 1. The molecule has 4 rings (SSSR count). The largest absolute Gasteiger partial charge is 0.469 e. The molecule has 0 fully saturated rings. The molecule has 0 aliphatic heterocycles. The fourth-order valence-corrected chi connectivity index (χ4v) is 3.48. The van der Waals surface area contributed by atoms with Crippen LogP contribution in [-0.2, 0) is 0 Å². The molecule has 0 radical (unpaired) electrons. The molecule has 1 atom stereocenters. The Morgan fingerprint density at radius 2 is 1.90 bits per heavy atom. The molecule has 148 valence electrons. The lowest BCUT2D eigenvalue weighted by atomic mass is 10.2. The first-order valence-corrected chi connectivity index (χ1v) is 9.64. The monoisotopic (exact) mass is 409 g/mol. The van der Waals surface area contributed by atoms with Crippen molar-refractivity contribution in [1.29, 1.82) is 0 Å². The van der Waals surface area contributed by atoms with Gasteiger partial charge in [0.05, 0.1) is 17.1 Å². The van der Waals surface area contributed by atoms with Crippen LogP contribution in [0.5, 0.6) is 0 Å². The first-order valence-electron chi connectivity index (χ1n) is 8.76. The Kier molecular flexibility index (Phi) is 5.04. The quantitative estimate of drug-likeness (QED) is 0.321. The van der Waals surface area contributed by atoms with Gasteiger partial charge in [-0.1, -0.05) is 30.0 Å². The van der Waals surface area contributed by atoms with Crippen molar-refractivity contribution in [3.8, 4) is 11.4 Å². The number of nitrogens with one attached hydrogen (secondary N) is 1. The summed E-state index contributed by atoms with van der Waals surface area (Å²) in [7, 11) is 0. The first-order chi connectivity index (χ1) is 14.0. The van der Waals surface area contributed by atoms with E-state index in [0.29, 0.717) is 22.8 Å². The summed E-state index contributed by atoms with van der Waals surface area (Å²) in [5, 5.41) is 11.8. The van der Waals surface area contributed by atoms with E-state index < -0.39 is 0 Å². The van der Waals surface area contributed by atoms with Gasteiger partial charge in [0.25, 0.3) is 0 Å². The van der Waals surface area contributed by atoms with Gasteiger partial charge in [-0.05, 0) is 32.0 Å². The van der Waals surface area contributed by atoms with Gasteiger partial charge in [0, 0.05) is 5.69 Å². The second-order valence-corrected chi connectivity index (χ2v) is 7.50. The number of para-hydroxylation sites is 1. The maximum Gasteiger partial charge on any atom is 0.232 e. The Hall–Kier alpha value is -3.60. The summed E-state index contributed by atoms with van der Waals surface area (Å²) in [5.74, 6) is 8.43. The molecule has 0 aliphatic rings. The molecule has 1 aromatic carbocycles. The Morgan fingerprint density at radius 1 is 1.10 bits per heavy atom. The lowest BCUT2D eigenvalue weighted by Gasteiger charge is -2.12. The van der Waals surface area contributed by atoms with Crippen molar-refractivity contribution in [3.05, 3.63) is 54.2 Å². The van der Waals surface area contributed by atoms with E-state index in [1.165, 1.54) is 16.4 Å². The molecule has 0 spiro atoms. The van der Waals surface area contributed by atoms with Crippen LogP contribution in [0.2, 0.25) is 0 Å². The minimum Gasteiger partial charge on any atom is -0.469 e. The van der Waals surface area contributed by atoms with E-state index in [1.54, 1.807) is 12.3 Å². The van der Waals surface area contributed by atoms with Crippen molar-refractivity contribution in [3.63, 3.8) is 0 Å². The molecule has 11 heteroatoms. The minimum atomic E-state index is -0.193. The molecular formula is C18H19N9OS. The average molecular weight is 409 g/mol. The predicted molar refractivity (Wildman–Crippen MR) is 111 cm³/mol. The van der Waals surface area contributed by atoms with E-state index in [4.69, 9.17) is 16.0 Å². The molecule has 5 N–H and O–H groups in total. The van der Waals surface area contributed by atoms with Gasteiger partial charge in [-0.25, -0.2) is 4.68 Å². The van der Waals surface area contributed by atoms with E-state index in [-0.39, 0.29) is 11.2 Å². The van der Waals surface area contributed by atoms with Gasteiger partial charge in [0.1, 0.15) is 11.6 Å². The van der Waals surface area contributed by atoms with Gasteiger partial charge in [0.2, 0.25) is 17.1 Å². The van der Waals surface area contributed by atoms with E-state index in [9.17, 15) is 0 Å². The third-order valence-corrected chi connectivity index (χ3v) is 5.16. The van der Waals surface area contributed by atoms with Crippen molar-refractivity contribution in [2.24, 2.45) is 0 Å². The van der Waals surface area contributed by atoms with Crippen LogP contribution in [0.25, 0.3) is 11.4 Å². The van der Waals surface area contributed by atoms with Crippen LogP contribution < -0.4 is 16.9 Å². The average Bonchev–Trinajstić information content (AvgIpc) is 3.27. The zero-order valence-electron chi connectivity index (χ0n) is 15.8. The van der Waals surface area contributed by atoms with Crippen molar-refractivity contribution < 1.29 is 4.42 Å². The van der Waals surface area contributed by atoms with Gasteiger partial charge in [-0.2, -0.15) is 15.0 Å². The summed E-state index contributed by atoms with van der Waals surface area (Å²) in [6.07, 6.45) is 1.59. The van der Waals surface area contributed by atoms with Crippen LogP contribution in [0, 0.1) is 6.92 Å². The highest BCUT2D eigenvalue weighted by molar-refractivity contribution is 7.99. The number of nitrogens with zero attached hydrogens (tertiary/aromatic N) is 6. The standard InChI is InChI=1S/C18H19N9OS/c1-10-13(8-9-28-10)15-25-26-18(27(15)20)29-11(2)14-22-16(19)24-17(23-14)21-12-6-4-3-5-7-12/h3-9,11H,20H2,1-2H3,(H3,19,21,22,23,24). The molecule has 4 aromatic rings. The molecule has 10 nitrogen and oxygen atoms in total. The molecule has 0 aliphatic carbocycles. The number of benzene rings is 1. The summed E-state index contributed by atoms with van der Waals surface area (Å²) in [5.41, 5.74) is 7.52. The van der Waals surface area contributed by atoms with Crippen LogP contribution in [0.4, 0.5) is 17.6 Å². The molecule has 0 bridgehead atoms. The molecule has 0 amide bonds. The number of nitrogen functional groups attached to an aromatic ring is 2. The molecule has 3 aromatic heterocycles. The SMILES string of the molecule is Cc1occc1-c1nnc(SC(C)c2nc(N)nc(Nc3ccccc3)n2)n1N. The summed E-state index contributed by atoms with van der Waals surface area (Å²) < 4.78 is 6.74. The van der Waals surface area contributed by atoms with Crippen LogP contribution in [0.1, 0.15) is 23.8 Å². The highest BCUT2D eigenvalue weighted by Crippen LogP contribution is 2.34. The van der Waals surface area contributed by atoms with Gasteiger partial charge < -0.3 is 21.3 Å². The second-order valence-electron chi connectivity index (χ2n) is 6.19. The maximum atomic E-state index is 6.19. The maximum absolute atomic E-state index is 6.19. The van der Waals surface area contributed by atoms with Gasteiger partial charge in [0.15, 0.2) is 5.82 Å². The number of nitrogens with two attached hydrogens (primary N) is 2. The number of hydrogen-bond donors (Lipinski definition) is 3. The molecule has 0 saturated carbocycles. The van der Waals surface area contributed by atoms with E-state index in [1.807, 2.05) is 44.2 Å². The van der Waals surface area contributed by atoms with Crippen molar-refractivity contribution >= 4 is 29.3 Å². The Bertz CT molecular complexity index is 1130. The van der Waals surface area contributed by atoms with Crippen LogP contribution in [-0.4, -0.2) is 29.8 Å². The lowest BCUT2D eigenvalue weighted by molar-refractivity contribution is 0.535. The zero-order valence-corrected chi connectivity index (χ0v) is 16.6. The molecular weight excluding hydrogens is 390 g/mol. The smallest absolute Gasteiger partial charge is 0.232 e. The van der Waals surface area contributed by atoms with Crippen LogP contribution in [0.15, 0.2) is 52.2 Å². The number of hydrogen-bond acceptors (Lipinski definition) is 10. The van der Waals surface area contributed by atoms with Crippen molar-refractivity contribution in [2.75, 3.05) is 16.9 Å². The Balaban J connectivity index is 1.55. The van der Waals surface area contributed by atoms with Gasteiger partial charge >= 0.3 is 0 Å². The second kappa shape index (κ2) is 7.80. The van der Waals surface area contributed by atoms with Gasteiger partial charge in [-0.3, -0.25) is 0 Å². The number of furan rings is 1. The predicted octanol–water partition coefficient (Wildman–Crippen LogP) is 2.92. The number of aryl methyl sites for hydroxylation is 1. The lowest BCUT2D eigenvalue weighted by Crippen LogP contribution is -2.13. The fourth-order valence-electron chi connectivity index (χ4n) is 2.67. The zero-order chi connectivity index (χ0) is 20.4. The fraction of sp³-hybridized carbons (Fsp3) is 0.167. The summed E-state index contributed by atoms with van der Waals surface area (Å²) >= 11 is 1.37. The summed E-state index contributed by atoms with van der Waals surface area (Å²) in [6, 6.07) is 11.4. The summed E-state index contributed by atoms with van der Waals surface area (Å²) in [4.78, 5) is 12.9. The molecule has 29 heavy (non-hydrogen) atoms. The Labute approximate surface area is 170 Å². The molecule has 1 unspecified atom stereocenters. The Morgan fingerprint density at radius 3 is 2.62 bits per heavy atom. The van der Waals surface area contributed by atoms with Crippen molar-refractivity contribution in [1.82, 2.24) is 29.8 Å². The van der Waals surface area contributed by atoms with Crippen molar-refractivity contribution in [2.45, 2.75) is 24.3 Å². The highest BCUT2D eigenvalue weighted by Gasteiger charge is 2.20. The number of anilines is 3. The van der Waals surface area contributed by atoms with E-state index in [0.717, 1.165) is 17.0 Å². The molecule has 3 heterocycles. The van der Waals surface area contributed by atoms with Gasteiger partial charge in [-0.15, -0.1) is 10.2 Å². The molecule has 0 saturated heterocycles. The highest BCUT2D eigenvalue weighted by atomic mass is 32.2. The van der Waals surface area contributed by atoms with Crippen LogP contribution >= 0.6 is 11.8 Å². The van der Waals surface area contributed by atoms with Crippen LogP contribution in [0.3, 0.4) is 0 Å². The summed E-state index contributed by atoms with van der Waals surface area (Å²) in [6.45, 7) is 3.78.